The zero-order valence-electron chi connectivity index (χ0n) is 10.4. The summed E-state index contributed by atoms with van der Waals surface area (Å²) in [5, 5.41) is 10.5. The number of carbonyl (C=O) groups excluding carboxylic acids is 2. The minimum Gasteiger partial charge on any atom is -0.378 e. The van der Waals surface area contributed by atoms with E-state index in [1.165, 1.54) is 17.0 Å². The number of carbonyl (C=O) groups is 2. The maximum Gasteiger partial charge on any atom is 0.269 e. The van der Waals surface area contributed by atoms with Gasteiger partial charge in [-0.15, -0.1) is 0 Å². The lowest BCUT2D eigenvalue weighted by molar-refractivity contribution is -0.163. The fourth-order valence-corrected chi connectivity index (χ4v) is 2.05. The largest absolute Gasteiger partial charge is 0.378 e. The van der Waals surface area contributed by atoms with Gasteiger partial charge in [-0.2, -0.15) is 0 Å². The van der Waals surface area contributed by atoms with Gasteiger partial charge >= 0.3 is 0 Å². The molecule has 2 rings (SSSR count). The molecule has 1 atom stereocenters. The summed E-state index contributed by atoms with van der Waals surface area (Å²) in [5.41, 5.74) is 3.10. The predicted octanol–water partition coefficient (Wildman–Crippen LogP) is -0.782. The molecule has 1 saturated heterocycles. The average molecular weight is 264 g/mol. The Kier molecular flexibility index (Phi) is 3.82. The molecular formula is C13H16N2O4. The summed E-state index contributed by atoms with van der Waals surface area (Å²) in [4.78, 5) is 25.4. The van der Waals surface area contributed by atoms with Crippen molar-refractivity contribution in [2.75, 3.05) is 26.3 Å². The lowest BCUT2D eigenvalue weighted by Crippen LogP contribution is -2.56. The minimum atomic E-state index is -2.32. The van der Waals surface area contributed by atoms with Crippen molar-refractivity contribution in [2.24, 2.45) is 5.73 Å². The van der Waals surface area contributed by atoms with Crippen molar-refractivity contribution in [1.29, 1.82) is 0 Å². The Labute approximate surface area is 110 Å². The number of aliphatic hydroxyl groups is 1. The van der Waals surface area contributed by atoms with Gasteiger partial charge in [0.25, 0.3) is 11.8 Å². The Morgan fingerprint density at radius 3 is 2.32 bits per heavy atom. The first-order valence-electron chi connectivity index (χ1n) is 6.01. The molecule has 1 fully saturated rings. The summed E-state index contributed by atoms with van der Waals surface area (Å²) in [6.07, 6.45) is 0. The van der Waals surface area contributed by atoms with E-state index in [2.05, 4.69) is 0 Å². The van der Waals surface area contributed by atoms with E-state index < -0.39 is 17.4 Å². The molecule has 2 amide bonds. The Morgan fingerprint density at radius 1 is 1.21 bits per heavy atom. The third kappa shape index (κ3) is 2.45. The smallest absolute Gasteiger partial charge is 0.269 e. The van der Waals surface area contributed by atoms with E-state index >= 15 is 0 Å². The average Bonchev–Trinajstić information content (AvgIpc) is 2.47. The summed E-state index contributed by atoms with van der Waals surface area (Å²) in [6, 6.07) is 8.00. The van der Waals surface area contributed by atoms with Crippen LogP contribution in [0.5, 0.6) is 0 Å². The molecule has 1 unspecified atom stereocenters. The lowest BCUT2D eigenvalue weighted by Gasteiger charge is -2.33. The fraction of sp³-hybridized carbons (Fsp3) is 0.385. The molecule has 6 nitrogen and oxygen atoms in total. The van der Waals surface area contributed by atoms with Crippen molar-refractivity contribution in [3.8, 4) is 0 Å². The number of hydrogen-bond acceptors (Lipinski definition) is 4. The number of morpholine rings is 1. The summed E-state index contributed by atoms with van der Waals surface area (Å²) < 4.78 is 5.14. The number of ether oxygens (including phenoxy) is 1. The Hall–Kier alpha value is -1.92. The summed E-state index contributed by atoms with van der Waals surface area (Å²) in [5.74, 6) is -1.77. The highest BCUT2D eigenvalue weighted by Gasteiger charge is 2.46. The second kappa shape index (κ2) is 5.38. The number of hydrogen-bond donors (Lipinski definition) is 2. The Balaban J connectivity index is 2.34. The monoisotopic (exact) mass is 264 g/mol. The van der Waals surface area contributed by atoms with Crippen LogP contribution < -0.4 is 5.73 Å². The van der Waals surface area contributed by atoms with E-state index in [-0.39, 0.29) is 5.56 Å². The van der Waals surface area contributed by atoms with Crippen molar-refractivity contribution in [3.63, 3.8) is 0 Å². The lowest BCUT2D eigenvalue weighted by atomic mass is 9.91. The van der Waals surface area contributed by atoms with Crippen LogP contribution in [0.2, 0.25) is 0 Å². The van der Waals surface area contributed by atoms with E-state index in [1.807, 2.05) is 0 Å². The number of rotatable bonds is 3. The highest BCUT2D eigenvalue weighted by atomic mass is 16.5. The summed E-state index contributed by atoms with van der Waals surface area (Å²) in [7, 11) is 0. The summed E-state index contributed by atoms with van der Waals surface area (Å²) in [6.45, 7) is 1.44. The normalized spacial score (nSPS) is 18.7. The first-order chi connectivity index (χ1) is 9.06. The van der Waals surface area contributed by atoms with Crippen molar-refractivity contribution >= 4 is 11.8 Å². The van der Waals surface area contributed by atoms with Crippen molar-refractivity contribution < 1.29 is 19.4 Å². The molecule has 1 aliphatic heterocycles. The first-order valence-corrected chi connectivity index (χ1v) is 6.01. The maximum absolute atomic E-state index is 12.4. The quantitative estimate of drug-likeness (QED) is 0.700. The number of primary amides is 1. The van der Waals surface area contributed by atoms with Crippen LogP contribution in [0.4, 0.5) is 0 Å². The molecule has 3 N–H and O–H groups in total. The third-order valence-corrected chi connectivity index (χ3v) is 3.16. The van der Waals surface area contributed by atoms with Crippen LogP contribution >= 0.6 is 0 Å². The molecule has 0 bridgehead atoms. The topological polar surface area (TPSA) is 92.9 Å². The molecule has 0 aromatic heterocycles. The van der Waals surface area contributed by atoms with E-state index in [9.17, 15) is 14.7 Å². The molecule has 0 radical (unpaired) electrons. The molecule has 102 valence electrons. The van der Waals surface area contributed by atoms with Crippen molar-refractivity contribution in [1.82, 2.24) is 4.90 Å². The standard InChI is InChI=1S/C13H16N2O4/c14-11(16)13(18,10-4-2-1-3-5-10)12(17)15-6-8-19-9-7-15/h1-5,18H,6-9H2,(H2,14,16). The Morgan fingerprint density at radius 2 is 1.79 bits per heavy atom. The van der Waals surface area contributed by atoms with E-state index in [1.54, 1.807) is 18.2 Å². The number of benzene rings is 1. The second-order valence-corrected chi connectivity index (χ2v) is 4.35. The minimum absolute atomic E-state index is 0.180. The maximum atomic E-state index is 12.4. The fourth-order valence-electron chi connectivity index (χ4n) is 2.05. The molecule has 1 aromatic rings. The van der Waals surface area contributed by atoms with Gasteiger partial charge in [0.15, 0.2) is 0 Å². The molecule has 6 heteroatoms. The number of nitrogens with two attached hydrogens (primary N) is 1. The van der Waals surface area contributed by atoms with E-state index in [4.69, 9.17) is 10.5 Å². The molecule has 1 aromatic carbocycles. The van der Waals surface area contributed by atoms with Crippen LogP contribution in [-0.4, -0.2) is 48.1 Å². The van der Waals surface area contributed by atoms with Gasteiger partial charge in [0, 0.05) is 18.7 Å². The van der Waals surface area contributed by atoms with Crippen LogP contribution in [0.3, 0.4) is 0 Å². The van der Waals surface area contributed by atoms with Crippen LogP contribution in [0.1, 0.15) is 5.56 Å². The van der Waals surface area contributed by atoms with Gasteiger partial charge in [0.05, 0.1) is 13.2 Å². The zero-order chi connectivity index (χ0) is 13.9. The third-order valence-electron chi connectivity index (χ3n) is 3.16. The molecule has 19 heavy (non-hydrogen) atoms. The highest BCUT2D eigenvalue weighted by molar-refractivity contribution is 6.08. The number of nitrogens with zero attached hydrogens (tertiary/aromatic N) is 1. The van der Waals surface area contributed by atoms with Crippen molar-refractivity contribution in [2.45, 2.75) is 5.60 Å². The second-order valence-electron chi connectivity index (χ2n) is 4.35. The molecular weight excluding hydrogens is 248 g/mol. The van der Waals surface area contributed by atoms with E-state index in [0.29, 0.717) is 26.3 Å². The first kappa shape index (κ1) is 13.5. The highest BCUT2D eigenvalue weighted by Crippen LogP contribution is 2.24. The SMILES string of the molecule is NC(=O)C(O)(C(=O)N1CCOCC1)c1ccccc1. The van der Waals surface area contributed by atoms with Crippen LogP contribution in [0.15, 0.2) is 30.3 Å². The molecule has 0 saturated carbocycles. The zero-order valence-corrected chi connectivity index (χ0v) is 10.4. The molecule has 0 aliphatic carbocycles. The molecule has 1 heterocycles. The van der Waals surface area contributed by atoms with Gasteiger partial charge in [-0.1, -0.05) is 30.3 Å². The van der Waals surface area contributed by atoms with Gasteiger partial charge < -0.3 is 20.5 Å². The number of amides is 2. The summed E-state index contributed by atoms with van der Waals surface area (Å²) >= 11 is 0. The van der Waals surface area contributed by atoms with Gasteiger partial charge in [-0.25, -0.2) is 0 Å². The predicted molar refractivity (Wildman–Crippen MR) is 66.9 cm³/mol. The molecule has 0 spiro atoms. The van der Waals surface area contributed by atoms with Gasteiger partial charge in [0.2, 0.25) is 5.60 Å². The Bertz CT molecular complexity index is 471. The van der Waals surface area contributed by atoms with Gasteiger partial charge in [0.1, 0.15) is 0 Å². The van der Waals surface area contributed by atoms with Crippen LogP contribution in [-0.2, 0) is 19.9 Å². The van der Waals surface area contributed by atoms with Gasteiger partial charge in [-0.05, 0) is 0 Å². The van der Waals surface area contributed by atoms with Crippen molar-refractivity contribution in [3.05, 3.63) is 35.9 Å². The van der Waals surface area contributed by atoms with E-state index in [0.717, 1.165) is 0 Å². The molecule has 1 aliphatic rings. The van der Waals surface area contributed by atoms with Crippen LogP contribution in [0, 0.1) is 0 Å². The van der Waals surface area contributed by atoms with Gasteiger partial charge in [-0.3, -0.25) is 9.59 Å². The van der Waals surface area contributed by atoms with Crippen LogP contribution in [0.25, 0.3) is 0 Å².